The second-order valence-electron chi connectivity index (χ2n) is 5.12. The molecule has 1 aromatic rings. The van der Waals surface area contributed by atoms with Crippen molar-refractivity contribution in [2.45, 2.75) is 33.2 Å². The Kier molecular flexibility index (Phi) is 4.52. The quantitative estimate of drug-likeness (QED) is 0.686. The molecule has 2 rings (SSSR count). The van der Waals surface area contributed by atoms with E-state index < -0.39 is 0 Å². The SMILES string of the molecule is CC(C)(C)C1[N-]CCc2ccccc21.[Y]. The van der Waals surface area contributed by atoms with Crippen molar-refractivity contribution in [3.05, 3.63) is 40.7 Å². The molecule has 0 fully saturated rings. The molecule has 0 saturated heterocycles. The Bertz CT molecular complexity index is 328. The molecule has 0 bridgehead atoms. The molecule has 1 nitrogen and oxygen atoms in total. The predicted molar refractivity (Wildman–Crippen MR) is 60.6 cm³/mol. The van der Waals surface area contributed by atoms with Crippen LogP contribution in [0.4, 0.5) is 0 Å². The Balaban J connectivity index is 0.00000112. The number of hydrogen-bond donors (Lipinski definition) is 0. The molecular formula is C13H18NY-. The fourth-order valence-electron chi connectivity index (χ4n) is 2.18. The summed E-state index contributed by atoms with van der Waals surface area (Å²) in [4.78, 5) is 0. The number of fused-ring (bicyclic) bond motifs is 1. The van der Waals surface area contributed by atoms with Gasteiger partial charge in [-0.15, -0.1) is 12.6 Å². The summed E-state index contributed by atoms with van der Waals surface area (Å²) in [7, 11) is 0. The molecule has 1 aliphatic rings. The minimum Gasteiger partial charge on any atom is -0.655 e. The van der Waals surface area contributed by atoms with Crippen molar-refractivity contribution >= 4 is 0 Å². The van der Waals surface area contributed by atoms with Gasteiger partial charge in [0, 0.05) is 32.7 Å². The summed E-state index contributed by atoms with van der Waals surface area (Å²) >= 11 is 0. The maximum absolute atomic E-state index is 4.74. The molecule has 1 aliphatic heterocycles. The molecule has 0 spiro atoms. The van der Waals surface area contributed by atoms with Crippen LogP contribution >= 0.6 is 0 Å². The van der Waals surface area contributed by atoms with E-state index in [9.17, 15) is 0 Å². The van der Waals surface area contributed by atoms with Crippen LogP contribution in [0.25, 0.3) is 5.32 Å². The number of benzene rings is 1. The fourth-order valence-corrected chi connectivity index (χ4v) is 2.18. The predicted octanol–water partition coefficient (Wildman–Crippen LogP) is 3.70. The first-order valence-electron chi connectivity index (χ1n) is 5.33. The van der Waals surface area contributed by atoms with Gasteiger partial charge in [0.15, 0.2) is 0 Å². The molecular weight excluding hydrogens is 259 g/mol. The van der Waals surface area contributed by atoms with Gasteiger partial charge < -0.3 is 5.32 Å². The largest absolute Gasteiger partial charge is 0.655 e. The van der Waals surface area contributed by atoms with E-state index in [-0.39, 0.29) is 38.1 Å². The first-order chi connectivity index (χ1) is 6.59. The Morgan fingerprint density at radius 3 is 2.53 bits per heavy atom. The molecule has 0 N–H and O–H groups in total. The number of rotatable bonds is 0. The Labute approximate surface area is 118 Å². The maximum atomic E-state index is 4.74. The van der Waals surface area contributed by atoms with Crippen molar-refractivity contribution in [2.75, 3.05) is 6.54 Å². The molecule has 1 heterocycles. The smallest absolute Gasteiger partial charge is 0 e. The van der Waals surface area contributed by atoms with Gasteiger partial charge in [0.25, 0.3) is 0 Å². The molecule has 0 amide bonds. The van der Waals surface area contributed by atoms with E-state index in [1.54, 1.807) is 0 Å². The van der Waals surface area contributed by atoms with E-state index in [0.717, 1.165) is 13.0 Å². The van der Waals surface area contributed by atoms with Gasteiger partial charge in [-0.25, -0.2) is 0 Å². The summed E-state index contributed by atoms with van der Waals surface area (Å²) in [5, 5.41) is 4.74. The van der Waals surface area contributed by atoms with E-state index in [4.69, 9.17) is 5.32 Å². The molecule has 15 heavy (non-hydrogen) atoms. The molecule has 1 aromatic carbocycles. The third-order valence-electron chi connectivity index (χ3n) is 2.86. The summed E-state index contributed by atoms with van der Waals surface area (Å²) in [5.74, 6) is 0. The standard InChI is InChI=1S/C13H18N.Y/c1-13(2,3)12-11-7-5-4-6-10(11)8-9-14-12;/h4-7,12H,8-9H2,1-3H3;/q-1;. The van der Waals surface area contributed by atoms with Crippen LogP contribution < -0.4 is 0 Å². The van der Waals surface area contributed by atoms with Gasteiger partial charge in [-0.05, 0) is 12.0 Å². The zero-order valence-corrected chi connectivity index (χ0v) is 12.7. The summed E-state index contributed by atoms with van der Waals surface area (Å²) in [6, 6.07) is 9.10. The average Bonchev–Trinajstić information content (AvgIpc) is 2.15. The van der Waals surface area contributed by atoms with E-state index in [2.05, 4.69) is 45.0 Å². The van der Waals surface area contributed by atoms with E-state index >= 15 is 0 Å². The van der Waals surface area contributed by atoms with Gasteiger partial charge in [-0.3, -0.25) is 0 Å². The fraction of sp³-hybridized carbons (Fsp3) is 0.538. The number of hydrogen-bond acceptors (Lipinski definition) is 0. The van der Waals surface area contributed by atoms with Gasteiger partial charge in [-0.2, -0.15) is 0 Å². The monoisotopic (exact) mass is 277 g/mol. The van der Waals surface area contributed by atoms with Crippen LogP contribution in [0, 0.1) is 5.41 Å². The van der Waals surface area contributed by atoms with E-state index in [1.165, 1.54) is 11.1 Å². The topological polar surface area (TPSA) is 14.1 Å². The van der Waals surface area contributed by atoms with Crippen molar-refractivity contribution < 1.29 is 32.7 Å². The van der Waals surface area contributed by atoms with Crippen molar-refractivity contribution in [3.8, 4) is 0 Å². The van der Waals surface area contributed by atoms with Crippen LogP contribution in [-0.2, 0) is 39.1 Å². The molecule has 1 unspecified atom stereocenters. The summed E-state index contributed by atoms with van der Waals surface area (Å²) in [6.07, 6.45) is 1.11. The molecule has 0 aliphatic carbocycles. The first kappa shape index (κ1) is 13.3. The third-order valence-corrected chi connectivity index (χ3v) is 2.86. The van der Waals surface area contributed by atoms with Gasteiger partial charge in [0.05, 0.1) is 0 Å². The Morgan fingerprint density at radius 2 is 1.87 bits per heavy atom. The van der Waals surface area contributed by atoms with Gasteiger partial charge in [0.1, 0.15) is 0 Å². The van der Waals surface area contributed by atoms with E-state index in [1.807, 2.05) is 0 Å². The maximum Gasteiger partial charge on any atom is 0 e. The Hall–Kier alpha value is 0.284. The van der Waals surface area contributed by atoms with Crippen molar-refractivity contribution in [2.24, 2.45) is 5.41 Å². The number of nitrogens with zero attached hydrogens (tertiary/aromatic N) is 1. The van der Waals surface area contributed by atoms with Crippen LogP contribution in [0.15, 0.2) is 24.3 Å². The van der Waals surface area contributed by atoms with Crippen LogP contribution in [0.5, 0.6) is 0 Å². The van der Waals surface area contributed by atoms with Crippen LogP contribution in [0.1, 0.15) is 37.9 Å². The van der Waals surface area contributed by atoms with Gasteiger partial charge in [0.2, 0.25) is 0 Å². The van der Waals surface area contributed by atoms with Gasteiger partial charge in [-0.1, -0.05) is 56.0 Å². The van der Waals surface area contributed by atoms with Crippen molar-refractivity contribution in [1.82, 2.24) is 0 Å². The molecule has 79 valence electrons. The zero-order valence-electron chi connectivity index (χ0n) is 9.83. The summed E-state index contributed by atoms with van der Waals surface area (Å²) in [5.41, 5.74) is 3.17. The van der Waals surface area contributed by atoms with E-state index in [0.29, 0.717) is 6.04 Å². The average molecular weight is 277 g/mol. The zero-order chi connectivity index (χ0) is 10.2. The summed E-state index contributed by atoms with van der Waals surface area (Å²) < 4.78 is 0. The molecule has 2 heteroatoms. The summed E-state index contributed by atoms with van der Waals surface area (Å²) in [6.45, 7) is 7.79. The van der Waals surface area contributed by atoms with Crippen LogP contribution in [0.3, 0.4) is 0 Å². The normalized spacial score (nSPS) is 20.3. The molecule has 1 radical (unpaired) electrons. The third kappa shape index (κ3) is 2.90. The van der Waals surface area contributed by atoms with Crippen LogP contribution in [0.2, 0.25) is 0 Å². The van der Waals surface area contributed by atoms with Crippen molar-refractivity contribution in [3.63, 3.8) is 0 Å². The first-order valence-corrected chi connectivity index (χ1v) is 5.33. The molecule has 0 aromatic heterocycles. The van der Waals surface area contributed by atoms with Crippen LogP contribution in [-0.4, -0.2) is 6.54 Å². The minimum atomic E-state index is 0. The second-order valence-corrected chi connectivity index (χ2v) is 5.12. The molecule has 0 saturated carbocycles. The molecule has 1 atom stereocenters. The second kappa shape index (κ2) is 5.08. The minimum absolute atomic E-state index is 0. The van der Waals surface area contributed by atoms with Crippen molar-refractivity contribution in [1.29, 1.82) is 0 Å². The van der Waals surface area contributed by atoms with Gasteiger partial charge >= 0.3 is 0 Å². The Morgan fingerprint density at radius 1 is 1.20 bits per heavy atom.